The van der Waals surface area contributed by atoms with E-state index >= 15 is 0 Å². The van der Waals surface area contributed by atoms with Gasteiger partial charge in [-0.2, -0.15) is 0 Å². The molecule has 2 aliphatic heterocycles. The number of β-amino-alcohol motifs (C(OH)–C–C–N with tert-alkyl or cyclic N) is 1. The van der Waals surface area contributed by atoms with Crippen LogP contribution in [0.1, 0.15) is 18.4 Å². The minimum absolute atomic E-state index is 0.106. The summed E-state index contributed by atoms with van der Waals surface area (Å²) in [5.74, 6) is 1.62. The molecule has 19 heavy (non-hydrogen) atoms. The van der Waals surface area contributed by atoms with Gasteiger partial charge in [0.05, 0.1) is 6.10 Å². The van der Waals surface area contributed by atoms with Gasteiger partial charge in [-0.3, -0.25) is 4.79 Å². The lowest BCUT2D eigenvalue weighted by molar-refractivity contribution is -0.130. The highest BCUT2D eigenvalue weighted by molar-refractivity contribution is 5.76. The third kappa shape index (κ3) is 2.66. The quantitative estimate of drug-likeness (QED) is 0.881. The van der Waals surface area contributed by atoms with E-state index in [2.05, 4.69) is 0 Å². The zero-order valence-corrected chi connectivity index (χ0v) is 10.7. The van der Waals surface area contributed by atoms with E-state index in [-0.39, 0.29) is 18.8 Å². The van der Waals surface area contributed by atoms with Crippen LogP contribution in [-0.4, -0.2) is 41.9 Å². The second-order valence-corrected chi connectivity index (χ2v) is 4.97. The maximum absolute atomic E-state index is 12.0. The molecule has 5 nitrogen and oxygen atoms in total. The van der Waals surface area contributed by atoms with E-state index in [0.717, 1.165) is 17.1 Å². The highest BCUT2D eigenvalue weighted by Crippen LogP contribution is 2.32. The molecule has 0 bridgehead atoms. The van der Waals surface area contributed by atoms with E-state index < -0.39 is 0 Å². The van der Waals surface area contributed by atoms with Crippen LogP contribution in [0.25, 0.3) is 0 Å². The molecule has 1 amide bonds. The van der Waals surface area contributed by atoms with Crippen molar-refractivity contribution in [1.82, 2.24) is 4.90 Å². The number of ether oxygens (including phenoxy) is 2. The van der Waals surface area contributed by atoms with Crippen molar-refractivity contribution >= 4 is 5.91 Å². The normalized spacial score (nSPS) is 20.9. The fourth-order valence-corrected chi connectivity index (χ4v) is 2.47. The first-order valence-electron chi connectivity index (χ1n) is 6.57. The van der Waals surface area contributed by atoms with E-state index in [1.54, 1.807) is 4.90 Å². The summed E-state index contributed by atoms with van der Waals surface area (Å²) in [5.41, 5.74) is 1.07. The predicted octanol–water partition coefficient (Wildman–Crippen LogP) is 0.941. The van der Waals surface area contributed by atoms with Gasteiger partial charge in [0.25, 0.3) is 0 Å². The van der Waals surface area contributed by atoms with Crippen LogP contribution in [0.3, 0.4) is 0 Å². The van der Waals surface area contributed by atoms with Gasteiger partial charge >= 0.3 is 0 Å². The first-order chi connectivity index (χ1) is 9.22. The monoisotopic (exact) mass is 263 g/mol. The Kier molecular flexibility index (Phi) is 3.29. The predicted molar refractivity (Wildman–Crippen MR) is 68.1 cm³/mol. The van der Waals surface area contributed by atoms with Gasteiger partial charge in [0.1, 0.15) is 0 Å². The molecule has 0 aromatic heterocycles. The number of rotatable bonds is 3. The largest absolute Gasteiger partial charge is 0.454 e. The summed E-state index contributed by atoms with van der Waals surface area (Å²) in [6.45, 7) is 1.41. The van der Waals surface area contributed by atoms with Crippen molar-refractivity contribution in [2.75, 3.05) is 19.9 Å². The lowest BCUT2D eigenvalue weighted by atomic mass is 10.1. The Balaban J connectivity index is 1.56. The van der Waals surface area contributed by atoms with E-state index in [0.29, 0.717) is 32.4 Å². The lowest BCUT2D eigenvalue weighted by Crippen LogP contribution is -2.29. The van der Waals surface area contributed by atoms with E-state index in [4.69, 9.17) is 9.47 Å². The van der Waals surface area contributed by atoms with Crippen LogP contribution in [0.5, 0.6) is 11.5 Å². The molecule has 0 radical (unpaired) electrons. The maximum atomic E-state index is 12.0. The van der Waals surface area contributed by atoms with Crippen molar-refractivity contribution in [3.63, 3.8) is 0 Å². The molecule has 1 N–H and O–H groups in total. The molecule has 1 aromatic rings. The summed E-state index contributed by atoms with van der Waals surface area (Å²) < 4.78 is 10.6. The third-order valence-corrected chi connectivity index (χ3v) is 3.58. The number of hydrogen-bond donors (Lipinski definition) is 1. The third-order valence-electron chi connectivity index (χ3n) is 3.58. The molecule has 3 rings (SSSR count). The fourth-order valence-electron chi connectivity index (χ4n) is 2.47. The van der Waals surface area contributed by atoms with Gasteiger partial charge < -0.3 is 19.5 Å². The van der Waals surface area contributed by atoms with Crippen LogP contribution in [0.15, 0.2) is 18.2 Å². The number of carbonyl (C=O) groups is 1. The summed E-state index contributed by atoms with van der Waals surface area (Å²) in [7, 11) is 0. The number of benzene rings is 1. The number of aliphatic hydroxyl groups excluding tert-OH is 1. The van der Waals surface area contributed by atoms with Gasteiger partial charge in [-0.15, -0.1) is 0 Å². The summed E-state index contributed by atoms with van der Waals surface area (Å²) in [6.07, 6.45) is 1.49. The smallest absolute Gasteiger partial charge is 0.231 e. The molecule has 1 saturated heterocycles. The molecule has 102 valence electrons. The van der Waals surface area contributed by atoms with Gasteiger partial charge in [0, 0.05) is 19.5 Å². The Morgan fingerprint density at radius 2 is 2.21 bits per heavy atom. The molecule has 1 fully saturated rings. The summed E-state index contributed by atoms with van der Waals surface area (Å²) in [4.78, 5) is 13.7. The number of amides is 1. The maximum Gasteiger partial charge on any atom is 0.231 e. The van der Waals surface area contributed by atoms with E-state index in [9.17, 15) is 9.90 Å². The van der Waals surface area contributed by atoms with Crippen molar-refractivity contribution in [2.24, 2.45) is 0 Å². The second kappa shape index (κ2) is 5.09. The summed E-state index contributed by atoms with van der Waals surface area (Å²) in [5, 5.41) is 9.42. The first kappa shape index (κ1) is 12.3. The van der Waals surface area contributed by atoms with E-state index in [1.165, 1.54) is 0 Å². The lowest BCUT2D eigenvalue weighted by Gasteiger charge is -2.15. The Hall–Kier alpha value is -1.75. The van der Waals surface area contributed by atoms with Crippen LogP contribution >= 0.6 is 0 Å². The molecule has 2 heterocycles. The SMILES string of the molecule is O=C(CCc1ccc2c(c1)OCO2)N1CCC(O)C1. The van der Waals surface area contributed by atoms with Gasteiger partial charge in [0.2, 0.25) is 12.7 Å². The van der Waals surface area contributed by atoms with E-state index in [1.807, 2.05) is 18.2 Å². The van der Waals surface area contributed by atoms with Gasteiger partial charge in [0.15, 0.2) is 11.5 Å². The zero-order valence-electron chi connectivity index (χ0n) is 10.7. The Labute approximate surface area is 111 Å². The highest BCUT2D eigenvalue weighted by Gasteiger charge is 2.24. The number of hydrogen-bond acceptors (Lipinski definition) is 4. The molecular formula is C14H17NO4. The minimum Gasteiger partial charge on any atom is -0.454 e. The van der Waals surface area contributed by atoms with Gasteiger partial charge in [-0.25, -0.2) is 0 Å². The molecule has 0 saturated carbocycles. The van der Waals surface area contributed by atoms with Crippen LogP contribution < -0.4 is 9.47 Å². The molecular weight excluding hydrogens is 246 g/mol. The molecule has 1 aromatic carbocycles. The number of carbonyl (C=O) groups excluding carboxylic acids is 1. The molecule has 0 spiro atoms. The average Bonchev–Trinajstić information content (AvgIpc) is 3.03. The number of likely N-dealkylation sites (tertiary alicyclic amines) is 1. The van der Waals surface area contributed by atoms with Crippen LogP contribution in [0.2, 0.25) is 0 Å². The zero-order chi connectivity index (χ0) is 13.2. The Morgan fingerprint density at radius 1 is 1.37 bits per heavy atom. The summed E-state index contributed by atoms with van der Waals surface area (Å²) in [6, 6.07) is 5.76. The molecule has 5 heteroatoms. The van der Waals surface area contributed by atoms with Crippen molar-refractivity contribution in [1.29, 1.82) is 0 Å². The first-order valence-corrected chi connectivity index (χ1v) is 6.57. The molecule has 1 atom stereocenters. The Bertz CT molecular complexity index is 488. The van der Waals surface area contributed by atoms with Gasteiger partial charge in [-0.1, -0.05) is 6.07 Å². The standard InChI is InChI=1S/C14H17NO4/c16-11-5-6-15(8-11)14(17)4-2-10-1-3-12-13(7-10)19-9-18-12/h1,3,7,11,16H,2,4-6,8-9H2. The second-order valence-electron chi connectivity index (χ2n) is 4.97. The topological polar surface area (TPSA) is 59.0 Å². The van der Waals surface area contributed by atoms with Crippen LogP contribution in [0.4, 0.5) is 0 Å². The number of nitrogens with zero attached hydrogens (tertiary/aromatic N) is 1. The number of aliphatic hydroxyl groups is 1. The van der Waals surface area contributed by atoms with Crippen LogP contribution in [-0.2, 0) is 11.2 Å². The Morgan fingerprint density at radius 3 is 3.00 bits per heavy atom. The molecule has 2 aliphatic rings. The minimum atomic E-state index is -0.352. The molecule has 1 unspecified atom stereocenters. The van der Waals surface area contributed by atoms with Crippen molar-refractivity contribution in [3.05, 3.63) is 23.8 Å². The van der Waals surface area contributed by atoms with Crippen molar-refractivity contribution < 1.29 is 19.4 Å². The summed E-state index contributed by atoms with van der Waals surface area (Å²) >= 11 is 0. The average molecular weight is 263 g/mol. The van der Waals surface area contributed by atoms with Crippen LogP contribution in [0, 0.1) is 0 Å². The fraction of sp³-hybridized carbons (Fsp3) is 0.500. The molecule has 0 aliphatic carbocycles. The highest BCUT2D eigenvalue weighted by atomic mass is 16.7. The number of aryl methyl sites for hydroxylation is 1. The number of fused-ring (bicyclic) bond motifs is 1. The van der Waals surface area contributed by atoms with Crippen molar-refractivity contribution in [3.8, 4) is 11.5 Å². The van der Waals surface area contributed by atoms with Gasteiger partial charge in [-0.05, 0) is 30.5 Å². The van der Waals surface area contributed by atoms with Crippen molar-refractivity contribution in [2.45, 2.75) is 25.4 Å².